The predicted octanol–water partition coefficient (Wildman–Crippen LogP) is 3.61. The molecule has 1 N–H and O–H groups in total. The van der Waals surface area contributed by atoms with Crippen LogP contribution in [-0.2, 0) is 16.5 Å². The maximum atomic E-state index is 11.2. The van der Waals surface area contributed by atoms with Gasteiger partial charge in [0.05, 0.1) is 4.90 Å². The summed E-state index contributed by atoms with van der Waals surface area (Å²) in [5, 5.41) is 1.95. The van der Waals surface area contributed by atoms with E-state index < -0.39 is 10.1 Å². The lowest BCUT2D eigenvalue weighted by molar-refractivity contribution is 0.483. The summed E-state index contributed by atoms with van der Waals surface area (Å²) < 4.78 is 31.5. The molecule has 0 bridgehead atoms. The maximum Gasteiger partial charge on any atom is 0.294 e. The molecule has 0 spiro atoms. The van der Waals surface area contributed by atoms with Gasteiger partial charge in [-0.25, -0.2) is 0 Å². The van der Waals surface area contributed by atoms with Gasteiger partial charge in [0, 0.05) is 4.88 Å². The fourth-order valence-corrected chi connectivity index (χ4v) is 3.15. The molecule has 0 aliphatic rings. The third-order valence-electron chi connectivity index (χ3n) is 2.69. The minimum Gasteiger partial charge on any atom is -0.282 e. The highest BCUT2D eigenvalue weighted by molar-refractivity contribution is 7.85. The number of aryl methyl sites for hydroxylation is 1. The number of thiophene rings is 1. The van der Waals surface area contributed by atoms with E-state index in [0.29, 0.717) is 0 Å². The van der Waals surface area contributed by atoms with E-state index in [9.17, 15) is 8.42 Å². The van der Waals surface area contributed by atoms with Crippen LogP contribution in [0.4, 0.5) is 0 Å². The smallest absolute Gasteiger partial charge is 0.282 e. The van der Waals surface area contributed by atoms with E-state index in [1.54, 1.807) is 23.5 Å². The monoisotopic (exact) mass is 282 g/mol. The molecular weight excluding hydrogens is 268 g/mol. The summed E-state index contributed by atoms with van der Waals surface area (Å²) in [6.45, 7) is 2.08. The maximum absolute atomic E-state index is 11.2. The van der Waals surface area contributed by atoms with Gasteiger partial charge in [-0.15, -0.1) is 11.3 Å². The molecule has 0 aliphatic carbocycles. The van der Waals surface area contributed by atoms with Crippen molar-refractivity contribution >= 4 is 21.5 Å². The first kappa shape index (κ1) is 13.3. The molecule has 5 heteroatoms. The van der Waals surface area contributed by atoms with Crippen molar-refractivity contribution in [1.82, 2.24) is 0 Å². The molecule has 0 radical (unpaired) electrons. The van der Waals surface area contributed by atoms with E-state index >= 15 is 0 Å². The molecule has 96 valence electrons. The highest BCUT2D eigenvalue weighted by Gasteiger charge is 2.14. The number of benzene rings is 1. The largest absolute Gasteiger partial charge is 0.294 e. The van der Waals surface area contributed by atoms with E-state index in [0.717, 1.165) is 28.8 Å². The van der Waals surface area contributed by atoms with Crippen LogP contribution in [0.15, 0.2) is 40.6 Å². The lowest BCUT2D eigenvalue weighted by Crippen LogP contribution is -1.99. The summed E-state index contributed by atoms with van der Waals surface area (Å²) in [6.07, 6.45) is 1.88. The second-order valence-corrected chi connectivity index (χ2v) is 6.39. The Hall–Kier alpha value is -1.17. The van der Waals surface area contributed by atoms with Crippen molar-refractivity contribution in [2.45, 2.75) is 24.7 Å². The SMILES string of the molecule is CCCc1ccc(S(=O)(=O)O)cc1-c1cccs1. The molecule has 1 aromatic carbocycles. The standard InChI is InChI=1S/C13H14O3S2/c1-2-4-10-6-7-11(18(14,15)16)9-12(10)13-5-3-8-17-13/h3,5-9H,2,4H2,1H3,(H,14,15,16). The molecule has 1 heterocycles. The lowest BCUT2D eigenvalue weighted by Gasteiger charge is -2.08. The molecule has 0 amide bonds. The van der Waals surface area contributed by atoms with Gasteiger partial charge in [0.25, 0.3) is 10.1 Å². The predicted molar refractivity (Wildman–Crippen MR) is 73.6 cm³/mol. The molecule has 0 atom stereocenters. The van der Waals surface area contributed by atoms with Crippen molar-refractivity contribution < 1.29 is 13.0 Å². The van der Waals surface area contributed by atoms with Gasteiger partial charge in [0.2, 0.25) is 0 Å². The van der Waals surface area contributed by atoms with Gasteiger partial charge in [0.1, 0.15) is 0 Å². The lowest BCUT2D eigenvalue weighted by atomic mass is 10.0. The number of hydrogen-bond donors (Lipinski definition) is 1. The highest BCUT2D eigenvalue weighted by Crippen LogP contribution is 2.31. The molecule has 2 rings (SSSR count). The highest BCUT2D eigenvalue weighted by atomic mass is 32.2. The van der Waals surface area contributed by atoms with Crippen LogP contribution in [0.25, 0.3) is 10.4 Å². The van der Waals surface area contributed by atoms with Gasteiger partial charge in [-0.2, -0.15) is 8.42 Å². The summed E-state index contributed by atoms with van der Waals surface area (Å²) in [5.74, 6) is 0. The second kappa shape index (κ2) is 5.22. The topological polar surface area (TPSA) is 54.4 Å². The average Bonchev–Trinajstić information content (AvgIpc) is 2.82. The number of rotatable bonds is 4. The summed E-state index contributed by atoms with van der Waals surface area (Å²) >= 11 is 1.56. The molecule has 18 heavy (non-hydrogen) atoms. The van der Waals surface area contributed by atoms with Crippen molar-refractivity contribution in [1.29, 1.82) is 0 Å². The zero-order chi connectivity index (χ0) is 13.2. The number of hydrogen-bond acceptors (Lipinski definition) is 3. The summed E-state index contributed by atoms with van der Waals surface area (Å²) in [6, 6.07) is 8.66. The Balaban J connectivity index is 2.59. The van der Waals surface area contributed by atoms with Crippen LogP contribution in [0.1, 0.15) is 18.9 Å². The summed E-state index contributed by atoms with van der Waals surface area (Å²) in [4.78, 5) is 0.967. The van der Waals surface area contributed by atoms with Crippen LogP contribution in [0.3, 0.4) is 0 Å². The molecule has 0 saturated carbocycles. The van der Waals surface area contributed by atoms with Gasteiger partial charge in [-0.3, -0.25) is 4.55 Å². The van der Waals surface area contributed by atoms with E-state index in [-0.39, 0.29) is 4.90 Å². The molecule has 3 nitrogen and oxygen atoms in total. The Kier molecular flexibility index (Phi) is 3.85. The van der Waals surface area contributed by atoms with Gasteiger partial charge >= 0.3 is 0 Å². The van der Waals surface area contributed by atoms with Crippen molar-refractivity contribution in [3.8, 4) is 10.4 Å². The van der Waals surface area contributed by atoms with Crippen molar-refractivity contribution in [2.75, 3.05) is 0 Å². The van der Waals surface area contributed by atoms with Crippen LogP contribution in [0.5, 0.6) is 0 Å². The van der Waals surface area contributed by atoms with Crippen molar-refractivity contribution in [3.05, 3.63) is 41.3 Å². The fraction of sp³-hybridized carbons (Fsp3) is 0.231. The Morgan fingerprint density at radius 3 is 2.61 bits per heavy atom. The first-order chi connectivity index (χ1) is 8.52. The molecule has 0 unspecified atom stereocenters. The van der Waals surface area contributed by atoms with Crippen LogP contribution in [0.2, 0.25) is 0 Å². The molecule has 0 fully saturated rings. The Morgan fingerprint density at radius 1 is 1.28 bits per heavy atom. The quantitative estimate of drug-likeness (QED) is 0.871. The van der Waals surface area contributed by atoms with Crippen LogP contribution < -0.4 is 0 Å². The first-order valence-corrected chi connectivity index (χ1v) is 7.98. The van der Waals surface area contributed by atoms with Gasteiger partial charge in [-0.05, 0) is 41.1 Å². The summed E-state index contributed by atoms with van der Waals surface area (Å²) in [7, 11) is -4.14. The van der Waals surface area contributed by atoms with Crippen molar-refractivity contribution in [2.24, 2.45) is 0 Å². The average molecular weight is 282 g/mol. The molecule has 2 aromatic rings. The Morgan fingerprint density at radius 2 is 2.06 bits per heavy atom. The Labute approximate surface area is 111 Å². The van der Waals surface area contributed by atoms with E-state index in [1.807, 2.05) is 17.5 Å². The minimum atomic E-state index is -4.14. The zero-order valence-electron chi connectivity index (χ0n) is 9.96. The van der Waals surface area contributed by atoms with E-state index in [2.05, 4.69) is 6.92 Å². The first-order valence-electron chi connectivity index (χ1n) is 5.66. The van der Waals surface area contributed by atoms with Gasteiger partial charge < -0.3 is 0 Å². The molecule has 0 aliphatic heterocycles. The summed E-state index contributed by atoms with van der Waals surface area (Å²) in [5.41, 5.74) is 1.99. The van der Waals surface area contributed by atoms with Crippen LogP contribution in [0, 0.1) is 0 Å². The Bertz CT molecular complexity index is 628. The fourth-order valence-electron chi connectivity index (χ4n) is 1.86. The minimum absolute atomic E-state index is 0.0502. The van der Waals surface area contributed by atoms with E-state index in [1.165, 1.54) is 6.07 Å². The van der Waals surface area contributed by atoms with Gasteiger partial charge in [0.15, 0.2) is 0 Å². The van der Waals surface area contributed by atoms with Crippen molar-refractivity contribution in [3.63, 3.8) is 0 Å². The second-order valence-electron chi connectivity index (χ2n) is 4.02. The third-order valence-corrected chi connectivity index (χ3v) is 4.44. The van der Waals surface area contributed by atoms with E-state index in [4.69, 9.17) is 4.55 Å². The van der Waals surface area contributed by atoms with Gasteiger partial charge in [-0.1, -0.05) is 25.5 Å². The zero-order valence-corrected chi connectivity index (χ0v) is 11.6. The van der Waals surface area contributed by atoms with Crippen LogP contribution in [-0.4, -0.2) is 13.0 Å². The molecular formula is C13H14O3S2. The normalized spacial score (nSPS) is 11.7. The van der Waals surface area contributed by atoms with Crippen LogP contribution >= 0.6 is 11.3 Å². The third kappa shape index (κ3) is 2.80. The molecule has 0 saturated heterocycles. The molecule has 1 aromatic heterocycles.